The number of hydrogen-bond donors (Lipinski definition) is 2. The third-order valence-electron chi connectivity index (χ3n) is 2.96. The number of halogens is 1. The van der Waals surface area contributed by atoms with Gasteiger partial charge in [-0.2, -0.15) is 0 Å². The number of amides is 1. The van der Waals surface area contributed by atoms with E-state index in [1.54, 1.807) is 6.92 Å². The summed E-state index contributed by atoms with van der Waals surface area (Å²) in [5, 5.41) is 15.5. The van der Waals surface area contributed by atoms with Crippen LogP contribution in [-0.4, -0.2) is 22.1 Å². The molecule has 1 aromatic heterocycles. The average Bonchev–Trinajstić information content (AvgIpc) is 2.81. The maximum absolute atomic E-state index is 12.3. The maximum Gasteiger partial charge on any atom is 0.335 e. The van der Waals surface area contributed by atoms with Gasteiger partial charge < -0.3 is 14.9 Å². The van der Waals surface area contributed by atoms with E-state index in [1.807, 2.05) is 6.92 Å². The van der Waals surface area contributed by atoms with Crippen LogP contribution in [0.1, 0.15) is 39.1 Å². The summed E-state index contributed by atoms with van der Waals surface area (Å²) in [5.41, 5.74) is 1.31. The Bertz CT molecular complexity index is 709. The Morgan fingerprint density at radius 1 is 1.43 bits per heavy atom. The lowest BCUT2D eigenvalue weighted by atomic mass is 10.1. The van der Waals surface area contributed by atoms with Gasteiger partial charge in [0.25, 0.3) is 5.91 Å². The van der Waals surface area contributed by atoms with Gasteiger partial charge in [0.2, 0.25) is 0 Å². The Hall–Kier alpha value is -2.34. The number of aromatic carboxylic acids is 1. The lowest BCUT2D eigenvalue weighted by molar-refractivity contribution is 0.0696. The lowest BCUT2D eigenvalue weighted by Gasteiger charge is -2.08. The summed E-state index contributed by atoms with van der Waals surface area (Å²) in [5.74, 6) is -1.06. The van der Waals surface area contributed by atoms with Crippen LogP contribution in [0.3, 0.4) is 0 Å². The molecular weight excluding hydrogens is 296 g/mol. The molecule has 0 aliphatic carbocycles. The number of aryl methyl sites for hydroxylation is 2. The molecule has 0 atom stereocenters. The van der Waals surface area contributed by atoms with Crippen molar-refractivity contribution in [2.24, 2.45) is 0 Å². The highest BCUT2D eigenvalue weighted by Crippen LogP contribution is 2.25. The van der Waals surface area contributed by atoms with Gasteiger partial charge in [-0.3, -0.25) is 4.79 Å². The summed E-state index contributed by atoms with van der Waals surface area (Å²) < 4.78 is 5.00. The van der Waals surface area contributed by atoms with Crippen LogP contribution in [-0.2, 0) is 6.42 Å². The molecule has 2 N–H and O–H groups in total. The first-order chi connectivity index (χ1) is 9.93. The van der Waals surface area contributed by atoms with Crippen molar-refractivity contribution in [2.75, 3.05) is 5.32 Å². The fourth-order valence-corrected chi connectivity index (χ4v) is 2.11. The fraction of sp³-hybridized carbons (Fsp3) is 0.214. The van der Waals surface area contributed by atoms with Gasteiger partial charge in [0.05, 0.1) is 22.0 Å². The van der Waals surface area contributed by atoms with Crippen LogP contribution in [0.2, 0.25) is 5.02 Å². The van der Waals surface area contributed by atoms with E-state index in [9.17, 15) is 9.59 Å². The first kappa shape index (κ1) is 15.1. The van der Waals surface area contributed by atoms with Crippen LogP contribution in [0.5, 0.6) is 0 Å². The molecule has 0 fully saturated rings. The van der Waals surface area contributed by atoms with Gasteiger partial charge in [-0.25, -0.2) is 4.79 Å². The van der Waals surface area contributed by atoms with Crippen LogP contribution < -0.4 is 5.32 Å². The van der Waals surface area contributed by atoms with Gasteiger partial charge >= 0.3 is 5.97 Å². The number of hydrogen-bond acceptors (Lipinski definition) is 4. The van der Waals surface area contributed by atoms with Crippen molar-refractivity contribution < 1.29 is 19.2 Å². The molecule has 0 aliphatic heterocycles. The van der Waals surface area contributed by atoms with Crippen molar-refractivity contribution in [3.05, 3.63) is 45.8 Å². The first-order valence-electron chi connectivity index (χ1n) is 6.23. The van der Waals surface area contributed by atoms with Gasteiger partial charge in [0, 0.05) is 0 Å². The number of aromatic nitrogens is 1. The second kappa shape index (κ2) is 5.97. The maximum atomic E-state index is 12.3. The van der Waals surface area contributed by atoms with Crippen LogP contribution in [0.15, 0.2) is 22.7 Å². The van der Waals surface area contributed by atoms with Crippen molar-refractivity contribution in [1.29, 1.82) is 0 Å². The number of rotatable bonds is 4. The van der Waals surface area contributed by atoms with Crippen molar-refractivity contribution in [3.63, 3.8) is 0 Å². The summed E-state index contributed by atoms with van der Waals surface area (Å²) in [6.45, 7) is 3.51. The monoisotopic (exact) mass is 308 g/mol. The van der Waals surface area contributed by atoms with Gasteiger partial charge in [-0.15, -0.1) is 0 Å². The zero-order chi connectivity index (χ0) is 15.6. The molecule has 0 unspecified atom stereocenters. The molecule has 2 aromatic rings. The molecule has 7 heteroatoms. The van der Waals surface area contributed by atoms with Crippen molar-refractivity contribution in [2.45, 2.75) is 20.3 Å². The molecule has 21 heavy (non-hydrogen) atoms. The first-order valence-corrected chi connectivity index (χ1v) is 6.61. The third-order valence-corrected chi connectivity index (χ3v) is 3.27. The van der Waals surface area contributed by atoms with E-state index in [4.69, 9.17) is 21.2 Å². The summed E-state index contributed by atoms with van der Waals surface area (Å²) >= 11 is 5.98. The number of anilines is 1. The highest BCUT2D eigenvalue weighted by Gasteiger charge is 2.20. The fourth-order valence-electron chi connectivity index (χ4n) is 1.88. The second-order valence-electron chi connectivity index (χ2n) is 4.37. The third kappa shape index (κ3) is 3.05. The normalized spacial score (nSPS) is 10.4. The minimum Gasteiger partial charge on any atom is -0.478 e. The van der Waals surface area contributed by atoms with Gasteiger partial charge in [0.15, 0.2) is 0 Å². The van der Waals surface area contributed by atoms with Gasteiger partial charge in [-0.05, 0) is 31.5 Å². The topological polar surface area (TPSA) is 92.4 Å². The van der Waals surface area contributed by atoms with E-state index >= 15 is 0 Å². The van der Waals surface area contributed by atoms with E-state index < -0.39 is 11.9 Å². The Morgan fingerprint density at radius 2 is 2.14 bits per heavy atom. The van der Waals surface area contributed by atoms with E-state index in [1.165, 1.54) is 18.2 Å². The second-order valence-corrected chi connectivity index (χ2v) is 4.78. The lowest BCUT2D eigenvalue weighted by Crippen LogP contribution is -2.14. The zero-order valence-corrected chi connectivity index (χ0v) is 12.2. The van der Waals surface area contributed by atoms with Crippen LogP contribution >= 0.6 is 11.6 Å². The quantitative estimate of drug-likeness (QED) is 0.905. The number of carbonyl (C=O) groups excluding carboxylic acids is 1. The summed E-state index contributed by atoms with van der Waals surface area (Å²) in [6.07, 6.45) is 0.561. The summed E-state index contributed by atoms with van der Waals surface area (Å²) in [7, 11) is 0. The molecule has 0 saturated heterocycles. The standard InChI is InChI=1S/C14H13ClN2O4/c1-3-10-12(7(2)21-17-10)13(18)16-11-5-4-8(14(19)20)6-9(11)15/h4-6H,3H2,1-2H3,(H,16,18)(H,19,20). The van der Waals surface area contributed by atoms with Crippen LogP contribution in [0, 0.1) is 6.92 Å². The molecule has 0 spiro atoms. The zero-order valence-electron chi connectivity index (χ0n) is 11.4. The number of nitrogens with zero attached hydrogens (tertiary/aromatic N) is 1. The molecular formula is C14H13ClN2O4. The largest absolute Gasteiger partial charge is 0.478 e. The van der Waals surface area contributed by atoms with Crippen molar-refractivity contribution >= 4 is 29.2 Å². The number of carboxylic acids is 1. The number of nitrogens with one attached hydrogen (secondary N) is 1. The van der Waals surface area contributed by atoms with Crippen molar-refractivity contribution in [3.8, 4) is 0 Å². The van der Waals surface area contributed by atoms with E-state index in [0.29, 0.717) is 29.1 Å². The highest BCUT2D eigenvalue weighted by molar-refractivity contribution is 6.34. The van der Waals surface area contributed by atoms with E-state index in [-0.39, 0.29) is 10.6 Å². The molecule has 0 saturated carbocycles. The number of benzene rings is 1. The van der Waals surface area contributed by atoms with E-state index in [2.05, 4.69) is 10.5 Å². The number of carbonyl (C=O) groups is 2. The predicted octanol–water partition coefficient (Wildman–Crippen LogP) is 3.15. The molecule has 0 radical (unpaired) electrons. The molecule has 0 bridgehead atoms. The SMILES string of the molecule is CCc1noc(C)c1C(=O)Nc1ccc(C(=O)O)cc1Cl. The molecule has 6 nitrogen and oxygen atoms in total. The minimum atomic E-state index is -1.09. The predicted molar refractivity (Wildman–Crippen MR) is 77.0 cm³/mol. The average molecular weight is 309 g/mol. The van der Waals surface area contributed by atoms with Gasteiger partial charge in [-0.1, -0.05) is 23.7 Å². The Labute approximate surface area is 125 Å². The summed E-state index contributed by atoms with van der Waals surface area (Å²) in [4.78, 5) is 23.1. The van der Waals surface area contributed by atoms with E-state index in [0.717, 1.165) is 0 Å². The van der Waals surface area contributed by atoms with Crippen LogP contribution in [0.4, 0.5) is 5.69 Å². The van der Waals surface area contributed by atoms with Crippen LogP contribution in [0.25, 0.3) is 0 Å². The Balaban J connectivity index is 2.28. The summed E-state index contributed by atoms with van der Waals surface area (Å²) in [6, 6.07) is 4.09. The van der Waals surface area contributed by atoms with Crippen molar-refractivity contribution in [1.82, 2.24) is 5.16 Å². The Kier molecular flexibility index (Phi) is 4.28. The minimum absolute atomic E-state index is 0.0494. The molecule has 1 heterocycles. The number of carboxylic acid groups (broad SMARTS) is 1. The molecule has 1 aromatic carbocycles. The smallest absolute Gasteiger partial charge is 0.335 e. The highest BCUT2D eigenvalue weighted by atomic mass is 35.5. The molecule has 1 amide bonds. The molecule has 0 aliphatic rings. The molecule has 110 valence electrons. The van der Waals surface area contributed by atoms with Gasteiger partial charge in [0.1, 0.15) is 11.3 Å². The molecule has 2 rings (SSSR count). The Morgan fingerprint density at radius 3 is 2.71 bits per heavy atom.